The van der Waals surface area contributed by atoms with Gasteiger partial charge in [0.05, 0.1) is 15.4 Å². The maximum Gasteiger partial charge on any atom is 0.368 e. The van der Waals surface area contributed by atoms with E-state index in [0.717, 1.165) is 24.0 Å². The summed E-state index contributed by atoms with van der Waals surface area (Å²) >= 11 is 12.9. The first-order valence-corrected chi connectivity index (χ1v) is 10.2. The molecule has 0 aliphatic carbocycles. The van der Waals surface area contributed by atoms with Gasteiger partial charge >= 0.3 is 7.60 Å². The van der Waals surface area contributed by atoms with Gasteiger partial charge in [0.15, 0.2) is 0 Å². The van der Waals surface area contributed by atoms with E-state index in [2.05, 4.69) is 14.5 Å². The molecule has 2 aromatic heterocycles. The van der Waals surface area contributed by atoms with Crippen LogP contribution in [0.25, 0.3) is 10.2 Å². The SMILES string of the molecule is COP(=O)(O)c1sc2nc(Cc3ccc(Cl)c(Cl)c3)[nH]c(=O)c2c1C. The van der Waals surface area contributed by atoms with Gasteiger partial charge in [-0.15, -0.1) is 11.3 Å². The smallest absolute Gasteiger partial charge is 0.320 e. The van der Waals surface area contributed by atoms with Gasteiger partial charge in [-0.25, -0.2) is 4.98 Å². The Morgan fingerprint density at radius 1 is 1.36 bits per heavy atom. The maximum atomic E-state index is 12.4. The summed E-state index contributed by atoms with van der Waals surface area (Å²) in [7, 11) is -2.81. The van der Waals surface area contributed by atoms with Gasteiger partial charge in [0, 0.05) is 13.5 Å². The number of fused-ring (bicyclic) bond motifs is 1. The molecule has 0 amide bonds. The summed E-state index contributed by atoms with van der Waals surface area (Å²) in [5.41, 5.74) is 0.869. The highest BCUT2D eigenvalue weighted by Crippen LogP contribution is 2.44. The van der Waals surface area contributed by atoms with Gasteiger partial charge in [0.1, 0.15) is 15.3 Å². The number of halogens is 2. The van der Waals surface area contributed by atoms with Crippen LogP contribution in [0.1, 0.15) is 17.0 Å². The molecule has 10 heteroatoms. The summed E-state index contributed by atoms with van der Waals surface area (Å²) in [5.74, 6) is 0.425. The van der Waals surface area contributed by atoms with Crippen molar-refractivity contribution in [2.45, 2.75) is 13.3 Å². The molecule has 0 aliphatic heterocycles. The fraction of sp³-hybridized carbons (Fsp3) is 0.200. The molecule has 3 aromatic rings. The van der Waals surface area contributed by atoms with E-state index in [1.165, 1.54) is 0 Å². The van der Waals surface area contributed by atoms with Crippen LogP contribution in [0.15, 0.2) is 23.0 Å². The topological polar surface area (TPSA) is 92.3 Å². The van der Waals surface area contributed by atoms with Crippen LogP contribution in [0.2, 0.25) is 10.0 Å². The summed E-state index contributed by atoms with van der Waals surface area (Å²) in [6.45, 7) is 1.60. The number of aromatic amines is 1. The van der Waals surface area contributed by atoms with Gasteiger partial charge < -0.3 is 14.4 Å². The van der Waals surface area contributed by atoms with Crippen molar-refractivity contribution in [2.75, 3.05) is 7.11 Å². The minimum atomic E-state index is -3.96. The predicted molar refractivity (Wildman–Crippen MR) is 101 cm³/mol. The summed E-state index contributed by atoms with van der Waals surface area (Å²) < 4.78 is 16.9. The molecule has 0 spiro atoms. The molecule has 1 unspecified atom stereocenters. The Bertz CT molecular complexity index is 1080. The number of hydrogen-bond donors (Lipinski definition) is 2. The Kier molecular flexibility index (Phi) is 5.08. The van der Waals surface area contributed by atoms with E-state index >= 15 is 0 Å². The van der Waals surface area contributed by atoms with Crippen LogP contribution >= 0.6 is 42.1 Å². The first kappa shape index (κ1) is 18.6. The molecule has 0 aliphatic rings. The molecule has 2 N–H and O–H groups in total. The molecule has 2 heterocycles. The Labute approximate surface area is 156 Å². The molecule has 0 fully saturated rings. The summed E-state index contributed by atoms with van der Waals surface area (Å²) in [5, 5.41) is 1.15. The lowest BCUT2D eigenvalue weighted by Crippen LogP contribution is -2.13. The first-order valence-electron chi connectivity index (χ1n) is 7.08. The number of nitrogens with one attached hydrogen (secondary N) is 1. The summed E-state index contributed by atoms with van der Waals surface area (Å²) in [6, 6.07) is 5.16. The van der Waals surface area contributed by atoms with Crippen LogP contribution in [-0.2, 0) is 15.5 Å². The van der Waals surface area contributed by atoms with Gasteiger partial charge in [0.2, 0.25) is 0 Å². The number of aryl methyl sites for hydroxylation is 1. The molecule has 1 atom stereocenters. The second kappa shape index (κ2) is 6.83. The largest absolute Gasteiger partial charge is 0.368 e. The minimum absolute atomic E-state index is 0.120. The second-order valence-corrected chi connectivity index (χ2v) is 9.32. The van der Waals surface area contributed by atoms with E-state index in [1.807, 2.05) is 0 Å². The van der Waals surface area contributed by atoms with Crippen molar-refractivity contribution in [1.82, 2.24) is 9.97 Å². The molecule has 0 saturated carbocycles. The third-order valence-electron chi connectivity index (χ3n) is 3.68. The molecule has 6 nitrogen and oxygen atoms in total. The van der Waals surface area contributed by atoms with Gasteiger partial charge in [0.25, 0.3) is 5.56 Å². The fourth-order valence-corrected chi connectivity index (χ4v) is 5.36. The molecular formula is C15H13Cl2N2O4PS. The number of H-pyrrole nitrogens is 1. The Balaban J connectivity index is 2.09. The van der Waals surface area contributed by atoms with Gasteiger partial charge in [-0.05, 0) is 30.2 Å². The zero-order chi connectivity index (χ0) is 18.4. The van der Waals surface area contributed by atoms with Crippen molar-refractivity contribution in [1.29, 1.82) is 0 Å². The van der Waals surface area contributed by atoms with Crippen LogP contribution < -0.4 is 10.2 Å². The Hall–Kier alpha value is -1.21. The normalized spacial score (nSPS) is 14.0. The molecule has 0 saturated heterocycles. The zero-order valence-corrected chi connectivity index (χ0v) is 16.4. The lowest BCUT2D eigenvalue weighted by molar-refractivity contribution is 0.328. The zero-order valence-electron chi connectivity index (χ0n) is 13.2. The average Bonchev–Trinajstić information content (AvgIpc) is 2.89. The van der Waals surface area contributed by atoms with E-state index in [-0.39, 0.29) is 10.2 Å². The third kappa shape index (κ3) is 3.53. The predicted octanol–water partition coefficient (Wildman–Crippen LogP) is 3.65. The molecule has 1 aromatic carbocycles. The summed E-state index contributed by atoms with van der Waals surface area (Å²) in [6.07, 6.45) is 0.343. The average molecular weight is 419 g/mol. The molecular weight excluding hydrogens is 406 g/mol. The van der Waals surface area contributed by atoms with Crippen LogP contribution in [0.3, 0.4) is 0 Å². The maximum absolute atomic E-state index is 12.4. The number of rotatable bonds is 4. The Morgan fingerprint density at radius 3 is 2.72 bits per heavy atom. The quantitative estimate of drug-likeness (QED) is 0.630. The van der Waals surface area contributed by atoms with Crippen molar-refractivity contribution in [3.63, 3.8) is 0 Å². The van der Waals surface area contributed by atoms with Crippen LogP contribution in [0.4, 0.5) is 0 Å². The van der Waals surface area contributed by atoms with Crippen LogP contribution in [0, 0.1) is 6.92 Å². The standard InChI is InChI=1S/C15H13Cl2N2O4PS/c1-7-12-13(20)18-11(6-8-3-4-9(16)10(17)5-8)19-14(12)25-15(7)24(21,22)23-2/h3-5H,6H2,1-2H3,(H,21,22)(H,18,19,20). The van der Waals surface area contributed by atoms with Gasteiger partial charge in [-0.3, -0.25) is 9.36 Å². The monoisotopic (exact) mass is 418 g/mol. The van der Waals surface area contributed by atoms with Gasteiger partial charge in [-0.1, -0.05) is 29.3 Å². The summed E-state index contributed by atoms with van der Waals surface area (Å²) in [4.78, 5) is 29.8. The van der Waals surface area contributed by atoms with Crippen molar-refractivity contribution in [3.8, 4) is 0 Å². The minimum Gasteiger partial charge on any atom is -0.320 e. The van der Waals surface area contributed by atoms with Gasteiger partial charge in [-0.2, -0.15) is 0 Å². The Morgan fingerprint density at radius 2 is 2.08 bits per heavy atom. The fourth-order valence-electron chi connectivity index (χ4n) is 2.46. The number of benzene rings is 1. The van der Waals surface area contributed by atoms with Crippen molar-refractivity contribution in [3.05, 3.63) is 55.5 Å². The highest BCUT2D eigenvalue weighted by Gasteiger charge is 2.28. The number of aromatic nitrogens is 2. The van der Waals surface area contributed by atoms with E-state index < -0.39 is 7.60 Å². The molecule has 25 heavy (non-hydrogen) atoms. The number of thiophene rings is 1. The third-order valence-corrected chi connectivity index (χ3v) is 7.72. The van der Waals surface area contributed by atoms with E-state index in [9.17, 15) is 14.3 Å². The van der Waals surface area contributed by atoms with E-state index in [4.69, 9.17) is 23.2 Å². The van der Waals surface area contributed by atoms with Crippen molar-refractivity contribution >= 4 is 57.0 Å². The molecule has 0 radical (unpaired) electrons. The number of nitrogens with zero attached hydrogens (tertiary/aromatic N) is 1. The van der Waals surface area contributed by atoms with Crippen LogP contribution in [-0.4, -0.2) is 22.0 Å². The van der Waals surface area contributed by atoms with Crippen LogP contribution in [0.5, 0.6) is 0 Å². The highest BCUT2D eigenvalue weighted by molar-refractivity contribution is 7.68. The highest BCUT2D eigenvalue weighted by atomic mass is 35.5. The second-order valence-electron chi connectivity index (χ2n) is 5.35. The lowest BCUT2D eigenvalue weighted by atomic mass is 10.1. The molecule has 132 valence electrons. The first-order chi connectivity index (χ1) is 11.7. The van der Waals surface area contributed by atoms with Crippen molar-refractivity contribution < 1.29 is 14.0 Å². The molecule has 3 rings (SSSR count). The lowest BCUT2D eigenvalue weighted by Gasteiger charge is -2.06. The number of hydrogen-bond acceptors (Lipinski definition) is 5. The molecule has 0 bridgehead atoms. The van der Waals surface area contributed by atoms with Crippen molar-refractivity contribution in [2.24, 2.45) is 0 Å². The van der Waals surface area contributed by atoms with E-state index in [1.54, 1.807) is 25.1 Å². The van der Waals surface area contributed by atoms with E-state index in [0.29, 0.717) is 38.1 Å².